The fourth-order valence-corrected chi connectivity index (χ4v) is 2.78. The molecule has 1 N–H and O–H groups in total. The van der Waals surface area contributed by atoms with Crippen LogP contribution in [0.4, 0.5) is 5.69 Å². The van der Waals surface area contributed by atoms with Gasteiger partial charge in [0.15, 0.2) is 0 Å². The van der Waals surface area contributed by atoms with E-state index in [1.165, 1.54) is 6.42 Å². The van der Waals surface area contributed by atoms with Crippen LogP contribution >= 0.6 is 0 Å². The average Bonchev–Trinajstić information content (AvgIpc) is 2.79. The Bertz CT molecular complexity index is 545. The molecule has 1 amide bonds. The fraction of sp³-hybridized carbons (Fsp3) is 0.529. The Morgan fingerprint density at radius 1 is 1.43 bits per heavy atom. The molecule has 1 aromatic rings. The first-order valence-electron chi connectivity index (χ1n) is 7.51. The third-order valence-corrected chi connectivity index (χ3v) is 3.96. The van der Waals surface area contributed by atoms with E-state index in [0.29, 0.717) is 23.1 Å². The lowest BCUT2D eigenvalue weighted by Gasteiger charge is -2.19. The van der Waals surface area contributed by atoms with Gasteiger partial charge in [-0.1, -0.05) is 26.0 Å². The second-order valence-corrected chi connectivity index (χ2v) is 6.50. The lowest BCUT2D eigenvalue weighted by molar-refractivity contribution is -0.116. The van der Waals surface area contributed by atoms with E-state index < -0.39 is 0 Å². The average molecular weight is 285 g/mol. The van der Waals surface area contributed by atoms with E-state index in [4.69, 9.17) is 5.26 Å². The summed E-state index contributed by atoms with van der Waals surface area (Å²) in [5.41, 5.74) is 1.52. The molecule has 112 valence electrons. The minimum absolute atomic E-state index is 0.0174. The van der Waals surface area contributed by atoms with Gasteiger partial charge >= 0.3 is 0 Å². The van der Waals surface area contributed by atoms with Crippen molar-refractivity contribution in [1.82, 2.24) is 4.90 Å². The second kappa shape index (κ2) is 6.73. The van der Waals surface area contributed by atoms with E-state index in [9.17, 15) is 4.79 Å². The van der Waals surface area contributed by atoms with Crippen LogP contribution in [0.3, 0.4) is 0 Å². The number of carbonyl (C=O) groups is 1. The molecule has 4 nitrogen and oxygen atoms in total. The van der Waals surface area contributed by atoms with Crippen LogP contribution in [0.5, 0.6) is 0 Å². The molecule has 0 aromatic heterocycles. The van der Waals surface area contributed by atoms with Gasteiger partial charge in [-0.25, -0.2) is 0 Å². The number of hydrogen-bond acceptors (Lipinski definition) is 3. The number of likely N-dealkylation sites (tertiary alicyclic amines) is 1. The Balaban J connectivity index is 1.74. The van der Waals surface area contributed by atoms with E-state index in [-0.39, 0.29) is 5.91 Å². The number of anilines is 1. The lowest BCUT2D eigenvalue weighted by atomic mass is 9.93. The minimum Gasteiger partial charge on any atom is -0.325 e. The number of benzene rings is 1. The molecule has 4 heteroatoms. The van der Waals surface area contributed by atoms with E-state index in [0.717, 1.165) is 26.1 Å². The standard InChI is InChI=1S/C17H23N3O/c1-17(2)9-11-20(13-17)10-5-8-16(21)19-15-7-4-3-6-14(15)12-18/h3-4,6-7H,5,8-11,13H2,1-2H3,(H,19,21). The highest BCUT2D eigenvalue weighted by atomic mass is 16.1. The number of nitrogens with one attached hydrogen (secondary N) is 1. The molecule has 1 saturated heterocycles. The zero-order chi connectivity index (χ0) is 15.3. The smallest absolute Gasteiger partial charge is 0.224 e. The Morgan fingerprint density at radius 2 is 2.19 bits per heavy atom. The fourth-order valence-electron chi connectivity index (χ4n) is 2.78. The Kier molecular flexibility index (Phi) is 4.98. The maximum Gasteiger partial charge on any atom is 0.224 e. The summed E-state index contributed by atoms with van der Waals surface area (Å²) in [5.74, 6) is -0.0174. The monoisotopic (exact) mass is 285 g/mol. The molecule has 1 fully saturated rings. The summed E-state index contributed by atoms with van der Waals surface area (Å²) >= 11 is 0. The first-order valence-corrected chi connectivity index (χ1v) is 7.51. The molecular formula is C17H23N3O. The van der Waals surface area contributed by atoms with Gasteiger partial charge < -0.3 is 10.2 Å². The number of para-hydroxylation sites is 1. The van der Waals surface area contributed by atoms with Crippen LogP contribution in [0.1, 0.15) is 38.7 Å². The molecular weight excluding hydrogens is 262 g/mol. The van der Waals surface area contributed by atoms with Crippen LogP contribution in [0.15, 0.2) is 24.3 Å². The van der Waals surface area contributed by atoms with Crippen molar-refractivity contribution >= 4 is 11.6 Å². The maximum absolute atomic E-state index is 11.9. The van der Waals surface area contributed by atoms with Gasteiger partial charge in [-0.2, -0.15) is 5.26 Å². The van der Waals surface area contributed by atoms with Crippen LogP contribution in [0.25, 0.3) is 0 Å². The molecule has 0 aliphatic carbocycles. The first-order chi connectivity index (χ1) is 10.00. The van der Waals surface area contributed by atoms with Crippen LogP contribution < -0.4 is 5.32 Å². The first kappa shape index (κ1) is 15.5. The van der Waals surface area contributed by atoms with Gasteiger partial charge in [0.05, 0.1) is 11.3 Å². The summed E-state index contributed by atoms with van der Waals surface area (Å²) in [4.78, 5) is 14.4. The zero-order valence-corrected chi connectivity index (χ0v) is 12.9. The van der Waals surface area contributed by atoms with Crippen molar-refractivity contribution < 1.29 is 4.79 Å². The summed E-state index contributed by atoms with van der Waals surface area (Å²) in [6, 6.07) is 9.18. The highest BCUT2D eigenvalue weighted by molar-refractivity contribution is 5.92. The SMILES string of the molecule is CC1(C)CCN(CCCC(=O)Nc2ccccc2C#N)C1. The van der Waals surface area contributed by atoms with Gasteiger partial charge in [0.2, 0.25) is 5.91 Å². The maximum atomic E-state index is 11.9. The minimum atomic E-state index is -0.0174. The molecule has 0 bridgehead atoms. The van der Waals surface area contributed by atoms with Crippen molar-refractivity contribution in [2.24, 2.45) is 5.41 Å². The van der Waals surface area contributed by atoms with E-state index >= 15 is 0 Å². The predicted octanol–water partition coefficient (Wildman–Crippen LogP) is 3.01. The number of carbonyl (C=O) groups excluding carboxylic acids is 1. The zero-order valence-electron chi connectivity index (χ0n) is 12.9. The number of amides is 1. The topological polar surface area (TPSA) is 56.1 Å². The number of nitrogens with zero attached hydrogens (tertiary/aromatic N) is 2. The molecule has 0 spiro atoms. The molecule has 0 radical (unpaired) electrons. The van der Waals surface area contributed by atoms with Gasteiger partial charge in [0.25, 0.3) is 0 Å². The summed E-state index contributed by atoms with van der Waals surface area (Å²) in [7, 11) is 0. The van der Waals surface area contributed by atoms with E-state index in [1.807, 2.05) is 6.07 Å². The van der Waals surface area contributed by atoms with Gasteiger partial charge in [-0.3, -0.25) is 4.79 Å². The molecule has 1 aliphatic rings. The lowest BCUT2D eigenvalue weighted by Crippen LogP contribution is -2.25. The Hall–Kier alpha value is -1.86. The van der Waals surface area contributed by atoms with Crippen molar-refractivity contribution in [1.29, 1.82) is 5.26 Å². The third kappa shape index (κ3) is 4.57. The van der Waals surface area contributed by atoms with Crippen LogP contribution in [-0.2, 0) is 4.79 Å². The largest absolute Gasteiger partial charge is 0.325 e. The van der Waals surface area contributed by atoms with Crippen molar-refractivity contribution in [3.05, 3.63) is 29.8 Å². The van der Waals surface area contributed by atoms with Gasteiger partial charge in [-0.05, 0) is 43.5 Å². The van der Waals surface area contributed by atoms with Gasteiger partial charge in [0.1, 0.15) is 6.07 Å². The van der Waals surface area contributed by atoms with E-state index in [2.05, 4.69) is 30.1 Å². The van der Waals surface area contributed by atoms with Crippen molar-refractivity contribution in [3.8, 4) is 6.07 Å². The number of nitriles is 1. The number of rotatable bonds is 5. The number of hydrogen-bond donors (Lipinski definition) is 1. The van der Waals surface area contributed by atoms with Gasteiger partial charge in [0, 0.05) is 13.0 Å². The third-order valence-electron chi connectivity index (χ3n) is 3.96. The predicted molar refractivity (Wildman–Crippen MR) is 83.9 cm³/mol. The Labute approximate surface area is 126 Å². The van der Waals surface area contributed by atoms with Crippen molar-refractivity contribution in [3.63, 3.8) is 0 Å². The molecule has 1 aromatic carbocycles. The normalized spacial score (nSPS) is 17.4. The molecule has 21 heavy (non-hydrogen) atoms. The quantitative estimate of drug-likeness (QED) is 0.904. The molecule has 2 rings (SSSR count). The molecule has 0 unspecified atom stereocenters. The second-order valence-electron chi connectivity index (χ2n) is 6.50. The van der Waals surface area contributed by atoms with Crippen molar-refractivity contribution in [2.45, 2.75) is 33.1 Å². The highest BCUT2D eigenvalue weighted by Crippen LogP contribution is 2.28. The molecule has 1 heterocycles. The van der Waals surface area contributed by atoms with Gasteiger partial charge in [-0.15, -0.1) is 0 Å². The van der Waals surface area contributed by atoms with Crippen LogP contribution in [0, 0.1) is 16.7 Å². The van der Waals surface area contributed by atoms with Crippen LogP contribution in [0.2, 0.25) is 0 Å². The van der Waals surface area contributed by atoms with E-state index in [1.54, 1.807) is 18.2 Å². The highest BCUT2D eigenvalue weighted by Gasteiger charge is 2.28. The summed E-state index contributed by atoms with van der Waals surface area (Å²) in [6.45, 7) is 7.80. The summed E-state index contributed by atoms with van der Waals surface area (Å²) in [5, 5.41) is 11.8. The molecule has 0 atom stereocenters. The molecule has 0 saturated carbocycles. The summed E-state index contributed by atoms with van der Waals surface area (Å²) in [6.07, 6.45) is 2.59. The van der Waals surface area contributed by atoms with Crippen LogP contribution in [-0.4, -0.2) is 30.4 Å². The van der Waals surface area contributed by atoms with Crippen molar-refractivity contribution in [2.75, 3.05) is 25.0 Å². The molecule has 1 aliphatic heterocycles. The summed E-state index contributed by atoms with van der Waals surface area (Å²) < 4.78 is 0. The Morgan fingerprint density at radius 3 is 2.86 bits per heavy atom.